The number of benzene rings is 3. The molecule has 9 heteroatoms. The summed E-state index contributed by atoms with van der Waals surface area (Å²) < 4.78 is 43.2. The van der Waals surface area contributed by atoms with Gasteiger partial charge in [0.25, 0.3) is 11.1 Å². The maximum atomic E-state index is 13.1. The molecule has 3 aromatic rings. The molecule has 36 heavy (non-hydrogen) atoms. The Balaban J connectivity index is 1.41. The van der Waals surface area contributed by atoms with Crippen LogP contribution in [-0.2, 0) is 11.4 Å². The Morgan fingerprint density at radius 3 is 2.25 bits per heavy atom. The number of thioether (sulfide) groups is 1. The lowest BCUT2D eigenvalue weighted by molar-refractivity contribution is -0.123. The summed E-state index contributed by atoms with van der Waals surface area (Å²) in [5, 5.41) is -0.391. The first kappa shape index (κ1) is 25.2. The third kappa shape index (κ3) is 6.42. The second-order valence-corrected chi connectivity index (χ2v) is 8.68. The van der Waals surface area contributed by atoms with Crippen molar-refractivity contribution in [1.82, 2.24) is 4.90 Å². The van der Waals surface area contributed by atoms with Crippen molar-refractivity contribution in [2.45, 2.75) is 13.5 Å². The molecule has 1 aliphatic heterocycles. The highest BCUT2D eigenvalue weighted by molar-refractivity contribution is 8.18. The monoisotopic (exact) mass is 511 g/mol. The van der Waals surface area contributed by atoms with E-state index in [2.05, 4.69) is 0 Å². The molecule has 4 rings (SSSR count). The first-order valence-electron chi connectivity index (χ1n) is 11.2. The third-order valence-corrected chi connectivity index (χ3v) is 6.05. The second-order valence-electron chi connectivity index (χ2n) is 7.69. The predicted octanol–water partition coefficient (Wildman–Crippen LogP) is 6.06. The topological polar surface area (TPSA) is 65.1 Å². The SMILES string of the molecule is CCOc1cc(/C=C2\SC(=O)N(CCOc3ccc(F)cc3)C2=O)ccc1OCc1ccc(F)cc1. The number of halogens is 2. The van der Waals surface area contributed by atoms with E-state index in [9.17, 15) is 18.4 Å². The van der Waals surface area contributed by atoms with E-state index in [4.69, 9.17) is 14.2 Å². The molecule has 0 spiro atoms. The average Bonchev–Trinajstić information content (AvgIpc) is 3.13. The van der Waals surface area contributed by atoms with E-state index >= 15 is 0 Å². The summed E-state index contributed by atoms with van der Waals surface area (Å²) in [6, 6.07) is 16.7. The fraction of sp³-hybridized carbons (Fsp3) is 0.185. The lowest BCUT2D eigenvalue weighted by Crippen LogP contribution is -2.32. The van der Waals surface area contributed by atoms with E-state index in [1.165, 1.54) is 36.4 Å². The van der Waals surface area contributed by atoms with E-state index in [0.29, 0.717) is 29.4 Å². The zero-order valence-electron chi connectivity index (χ0n) is 19.4. The number of hydrogen-bond acceptors (Lipinski definition) is 6. The minimum Gasteiger partial charge on any atom is -0.492 e. The number of ether oxygens (including phenoxy) is 3. The van der Waals surface area contributed by atoms with Crippen LogP contribution in [0.15, 0.2) is 71.6 Å². The second kappa shape index (κ2) is 11.7. The summed E-state index contributed by atoms with van der Waals surface area (Å²) in [6.07, 6.45) is 1.62. The molecule has 1 saturated heterocycles. The van der Waals surface area contributed by atoms with Gasteiger partial charge in [-0.2, -0.15) is 0 Å². The van der Waals surface area contributed by atoms with Crippen molar-refractivity contribution in [1.29, 1.82) is 0 Å². The van der Waals surface area contributed by atoms with E-state index in [1.54, 1.807) is 36.4 Å². The van der Waals surface area contributed by atoms with Gasteiger partial charge in [-0.1, -0.05) is 18.2 Å². The molecule has 1 aliphatic rings. The third-order valence-electron chi connectivity index (χ3n) is 5.14. The lowest BCUT2D eigenvalue weighted by atomic mass is 10.1. The van der Waals surface area contributed by atoms with Crippen molar-refractivity contribution >= 4 is 29.0 Å². The van der Waals surface area contributed by atoms with Crippen molar-refractivity contribution in [3.8, 4) is 17.2 Å². The number of rotatable bonds is 10. The van der Waals surface area contributed by atoms with E-state index in [1.807, 2.05) is 6.92 Å². The van der Waals surface area contributed by atoms with Crippen LogP contribution in [0.25, 0.3) is 6.08 Å². The molecular formula is C27H23F2NO5S. The molecule has 1 heterocycles. The van der Waals surface area contributed by atoms with E-state index in [-0.39, 0.29) is 36.3 Å². The molecule has 0 radical (unpaired) electrons. The average molecular weight is 512 g/mol. The Bertz CT molecular complexity index is 1260. The zero-order chi connectivity index (χ0) is 25.5. The molecule has 0 N–H and O–H groups in total. The Labute approximate surface area is 211 Å². The standard InChI is InChI=1S/C27H23F2NO5S/c1-2-33-24-15-19(5-12-23(24)35-17-18-3-6-20(28)7-4-18)16-25-26(31)30(27(32)36-25)13-14-34-22-10-8-21(29)9-11-22/h3-12,15-16H,2,13-14,17H2,1H3/b25-16-. The molecule has 0 bridgehead atoms. The van der Waals surface area contributed by atoms with Crippen molar-refractivity contribution < 1.29 is 32.6 Å². The first-order valence-corrected chi connectivity index (χ1v) is 12.0. The highest BCUT2D eigenvalue weighted by Gasteiger charge is 2.34. The van der Waals surface area contributed by atoms with Crippen LogP contribution in [0.2, 0.25) is 0 Å². The van der Waals surface area contributed by atoms with Crippen molar-refractivity contribution in [2.75, 3.05) is 19.8 Å². The first-order chi connectivity index (χ1) is 17.4. The number of hydrogen-bond donors (Lipinski definition) is 0. The van der Waals surface area contributed by atoms with Gasteiger partial charge >= 0.3 is 0 Å². The zero-order valence-corrected chi connectivity index (χ0v) is 20.2. The van der Waals surface area contributed by atoms with Crippen LogP contribution in [-0.4, -0.2) is 35.8 Å². The molecule has 0 atom stereocenters. The maximum absolute atomic E-state index is 13.1. The summed E-state index contributed by atoms with van der Waals surface area (Å²) in [6.45, 7) is 2.64. The van der Waals surface area contributed by atoms with Gasteiger partial charge in [-0.3, -0.25) is 14.5 Å². The molecular weight excluding hydrogens is 488 g/mol. The van der Waals surface area contributed by atoms with Gasteiger partial charge in [0.15, 0.2) is 11.5 Å². The van der Waals surface area contributed by atoms with Crippen LogP contribution in [0.4, 0.5) is 13.6 Å². The van der Waals surface area contributed by atoms with Crippen LogP contribution in [0.1, 0.15) is 18.1 Å². The minimum absolute atomic E-state index is 0.0692. The van der Waals surface area contributed by atoms with Crippen LogP contribution >= 0.6 is 11.8 Å². The van der Waals surface area contributed by atoms with Crippen LogP contribution < -0.4 is 14.2 Å². The highest BCUT2D eigenvalue weighted by Crippen LogP contribution is 2.35. The van der Waals surface area contributed by atoms with Crippen LogP contribution in [0, 0.1) is 11.6 Å². The number of amides is 2. The maximum Gasteiger partial charge on any atom is 0.293 e. The number of carbonyl (C=O) groups is 2. The molecule has 0 aromatic heterocycles. The van der Waals surface area contributed by atoms with Gasteiger partial charge in [0, 0.05) is 0 Å². The molecule has 0 saturated carbocycles. The van der Waals surface area contributed by atoms with E-state index in [0.717, 1.165) is 22.2 Å². The summed E-state index contributed by atoms with van der Waals surface area (Å²) in [4.78, 5) is 26.6. The smallest absolute Gasteiger partial charge is 0.293 e. The van der Waals surface area contributed by atoms with Crippen molar-refractivity contribution in [3.05, 3.63) is 94.4 Å². The summed E-state index contributed by atoms with van der Waals surface area (Å²) >= 11 is 0.848. The van der Waals surface area contributed by atoms with Crippen LogP contribution in [0.5, 0.6) is 17.2 Å². The molecule has 1 fully saturated rings. The molecule has 2 amide bonds. The molecule has 0 unspecified atom stereocenters. The highest BCUT2D eigenvalue weighted by atomic mass is 32.2. The quantitative estimate of drug-likeness (QED) is 0.309. The molecule has 186 valence electrons. The summed E-state index contributed by atoms with van der Waals surface area (Å²) in [5.74, 6) is 0.331. The molecule has 3 aromatic carbocycles. The van der Waals surface area contributed by atoms with Gasteiger partial charge in [0.1, 0.15) is 30.6 Å². The summed E-state index contributed by atoms with van der Waals surface area (Å²) in [7, 11) is 0. The Kier molecular flexibility index (Phi) is 8.22. The van der Waals surface area contributed by atoms with Gasteiger partial charge in [-0.25, -0.2) is 8.78 Å². The number of nitrogens with zero attached hydrogens (tertiary/aromatic N) is 1. The Hall–Kier alpha value is -3.85. The van der Waals surface area contributed by atoms with Gasteiger partial charge in [-0.05, 0) is 84.4 Å². The van der Waals surface area contributed by atoms with Crippen molar-refractivity contribution in [3.63, 3.8) is 0 Å². The number of carbonyl (C=O) groups excluding carboxylic acids is 2. The van der Waals surface area contributed by atoms with Gasteiger partial charge in [-0.15, -0.1) is 0 Å². The summed E-state index contributed by atoms with van der Waals surface area (Å²) in [5.41, 5.74) is 1.47. The molecule has 6 nitrogen and oxygen atoms in total. The fourth-order valence-electron chi connectivity index (χ4n) is 3.37. The van der Waals surface area contributed by atoms with Gasteiger partial charge in [0.2, 0.25) is 0 Å². The number of imide groups is 1. The Morgan fingerprint density at radius 1 is 0.861 bits per heavy atom. The largest absolute Gasteiger partial charge is 0.492 e. The van der Waals surface area contributed by atoms with Gasteiger partial charge < -0.3 is 14.2 Å². The van der Waals surface area contributed by atoms with Crippen molar-refractivity contribution in [2.24, 2.45) is 0 Å². The Morgan fingerprint density at radius 2 is 1.56 bits per heavy atom. The minimum atomic E-state index is -0.415. The molecule has 0 aliphatic carbocycles. The fourth-order valence-corrected chi connectivity index (χ4v) is 4.24. The normalized spacial score (nSPS) is 14.4. The lowest BCUT2D eigenvalue weighted by Gasteiger charge is -2.13. The van der Waals surface area contributed by atoms with Crippen LogP contribution in [0.3, 0.4) is 0 Å². The predicted molar refractivity (Wildman–Crippen MR) is 133 cm³/mol. The van der Waals surface area contributed by atoms with E-state index < -0.39 is 11.1 Å². The van der Waals surface area contributed by atoms with Gasteiger partial charge in [0.05, 0.1) is 18.1 Å².